The van der Waals surface area contributed by atoms with Gasteiger partial charge in [-0.2, -0.15) is 0 Å². The maximum absolute atomic E-state index is 12.3. The number of hydrogen-bond acceptors (Lipinski definition) is 4. The Labute approximate surface area is 141 Å². The van der Waals surface area contributed by atoms with Crippen LogP contribution in [0.25, 0.3) is 10.9 Å². The Balaban J connectivity index is 1.91. The average molecular weight is 341 g/mol. The monoisotopic (exact) mass is 341 g/mol. The van der Waals surface area contributed by atoms with Gasteiger partial charge in [0.05, 0.1) is 10.9 Å². The quantitative estimate of drug-likeness (QED) is 0.712. The predicted molar refractivity (Wildman–Crippen MR) is 95.7 cm³/mol. The molecule has 2 aromatic carbocycles. The van der Waals surface area contributed by atoms with Gasteiger partial charge in [0.15, 0.2) is 0 Å². The Bertz CT molecular complexity index is 1020. The molecule has 0 fully saturated rings. The number of nitrogens with one attached hydrogen (secondary N) is 2. The number of para-hydroxylation sites is 1. The molecular formula is C17H15N3O3S. The van der Waals surface area contributed by atoms with E-state index in [1.807, 2.05) is 24.5 Å². The minimum Gasteiger partial charge on any atom is -0.324 e. The van der Waals surface area contributed by atoms with Crippen molar-refractivity contribution in [1.29, 1.82) is 0 Å². The molecule has 0 spiro atoms. The Morgan fingerprint density at radius 3 is 2.75 bits per heavy atom. The van der Waals surface area contributed by atoms with E-state index in [1.165, 1.54) is 4.57 Å². The largest absolute Gasteiger partial charge is 0.329 e. The van der Waals surface area contributed by atoms with Gasteiger partial charge in [-0.05, 0) is 36.6 Å². The van der Waals surface area contributed by atoms with E-state index in [-0.39, 0.29) is 12.5 Å². The first-order chi connectivity index (χ1) is 11.6. The number of H-pyrrole nitrogens is 1. The van der Waals surface area contributed by atoms with Crippen LogP contribution >= 0.6 is 11.8 Å². The van der Waals surface area contributed by atoms with Crippen molar-refractivity contribution in [2.24, 2.45) is 0 Å². The van der Waals surface area contributed by atoms with E-state index in [1.54, 1.807) is 42.1 Å². The number of nitrogens with zero attached hydrogens (tertiary/aromatic N) is 1. The molecule has 0 saturated carbocycles. The molecule has 0 aliphatic carbocycles. The standard InChI is InChI=1S/C17H15N3O3S/c1-24-12-6-4-5-11(9-12)18-15(21)10-20-14-8-3-2-7-13(14)16(22)19-17(20)23/h2-9H,10H2,1H3,(H,18,21)(H,19,22,23). The highest BCUT2D eigenvalue weighted by Crippen LogP contribution is 2.19. The van der Waals surface area contributed by atoms with Gasteiger partial charge in [-0.1, -0.05) is 18.2 Å². The molecule has 0 unspecified atom stereocenters. The lowest BCUT2D eigenvalue weighted by Gasteiger charge is -2.10. The van der Waals surface area contributed by atoms with Crippen LogP contribution in [0.1, 0.15) is 0 Å². The van der Waals surface area contributed by atoms with Crippen LogP contribution in [0, 0.1) is 0 Å². The summed E-state index contributed by atoms with van der Waals surface area (Å²) < 4.78 is 1.25. The lowest BCUT2D eigenvalue weighted by molar-refractivity contribution is -0.116. The van der Waals surface area contributed by atoms with Crippen LogP contribution in [0.4, 0.5) is 5.69 Å². The number of rotatable bonds is 4. The molecular weight excluding hydrogens is 326 g/mol. The van der Waals surface area contributed by atoms with Gasteiger partial charge in [-0.15, -0.1) is 11.8 Å². The first-order valence-electron chi connectivity index (χ1n) is 7.24. The molecule has 3 rings (SSSR count). The molecule has 1 amide bonds. The normalized spacial score (nSPS) is 10.7. The molecule has 1 heterocycles. The average Bonchev–Trinajstić information content (AvgIpc) is 2.59. The molecule has 0 aliphatic heterocycles. The van der Waals surface area contributed by atoms with E-state index < -0.39 is 11.2 Å². The van der Waals surface area contributed by atoms with Crippen LogP contribution in [0.5, 0.6) is 0 Å². The summed E-state index contributed by atoms with van der Waals surface area (Å²) in [7, 11) is 0. The van der Waals surface area contributed by atoms with Gasteiger partial charge in [-0.25, -0.2) is 4.79 Å². The van der Waals surface area contributed by atoms with Crippen LogP contribution in [0.15, 0.2) is 63.0 Å². The molecule has 0 aliphatic rings. The van der Waals surface area contributed by atoms with E-state index in [2.05, 4.69) is 10.3 Å². The second-order valence-electron chi connectivity index (χ2n) is 5.14. The van der Waals surface area contributed by atoms with Gasteiger partial charge in [0, 0.05) is 10.6 Å². The van der Waals surface area contributed by atoms with Crippen LogP contribution in [-0.4, -0.2) is 21.7 Å². The molecule has 2 N–H and O–H groups in total. The van der Waals surface area contributed by atoms with E-state index >= 15 is 0 Å². The molecule has 3 aromatic rings. The van der Waals surface area contributed by atoms with Gasteiger partial charge in [-0.3, -0.25) is 19.1 Å². The summed E-state index contributed by atoms with van der Waals surface area (Å²) in [6, 6.07) is 14.1. The molecule has 122 valence electrons. The smallest absolute Gasteiger partial charge is 0.324 e. The lowest BCUT2D eigenvalue weighted by Crippen LogP contribution is -2.34. The number of fused-ring (bicyclic) bond motifs is 1. The highest BCUT2D eigenvalue weighted by atomic mass is 32.2. The van der Waals surface area contributed by atoms with Crippen LogP contribution in [0.3, 0.4) is 0 Å². The second kappa shape index (κ2) is 6.76. The zero-order valence-electron chi connectivity index (χ0n) is 12.9. The number of thioether (sulfide) groups is 1. The summed E-state index contributed by atoms with van der Waals surface area (Å²) in [4.78, 5) is 39.5. The van der Waals surface area contributed by atoms with Crippen molar-refractivity contribution in [3.63, 3.8) is 0 Å². The fourth-order valence-electron chi connectivity index (χ4n) is 2.44. The lowest BCUT2D eigenvalue weighted by atomic mass is 10.2. The second-order valence-corrected chi connectivity index (χ2v) is 6.02. The molecule has 0 bridgehead atoms. The van der Waals surface area contributed by atoms with Gasteiger partial charge in [0.1, 0.15) is 6.54 Å². The van der Waals surface area contributed by atoms with Crippen LogP contribution < -0.4 is 16.6 Å². The van der Waals surface area contributed by atoms with E-state index in [9.17, 15) is 14.4 Å². The Kier molecular flexibility index (Phi) is 4.52. The van der Waals surface area contributed by atoms with Gasteiger partial charge in [0.2, 0.25) is 5.91 Å². The molecule has 0 saturated heterocycles. The zero-order valence-corrected chi connectivity index (χ0v) is 13.7. The minimum atomic E-state index is -0.605. The van der Waals surface area contributed by atoms with Crippen molar-refractivity contribution >= 4 is 34.3 Å². The molecule has 7 heteroatoms. The minimum absolute atomic E-state index is 0.181. The predicted octanol–water partition coefficient (Wildman–Crippen LogP) is 2.05. The summed E-state index contributed by atoms with van der Waals surface area (Å²) in [6.45, 7) is -0.181. The Morgan fingerprint density at radius 1 is 1.17 bits per heavy atom. The van der Waals surface area contributed by atoms with Crippen molar-refractivity contribution in [3.05, 3.63) is 69.4 Å². The molecule has 0 radical (unpaired) electrons. The van der Waals surface area contributed by atoms with Gasteiger partial charge in [0.25, 0.3) is 5.56 Å². The summed E-state index contributed by atoms with van der Waals surface area (Å²) in [5.41, 5.74) is 0.0273. The fraction of sp³-hybridized carbons (Fsp3) is 0.118. The highest BCUT2D eigenvalue weighted by molar-refractivity contribution is 7.98. The van der Waals surface area contributed by atoms with Crippen molar-refractivity contribution in [1.82, 2.24) is 9.55 Å². The van der Waals surface area contributed by atoms with E-state index in [4.69, 9.17) is 0 Å². The van der Waals surface area contributed by atoms with Crippen molar-refractivity contribution < 1.29 is 4.79 Å². The van der Waals surface area contributed by atoms with Gasteiger partial charge >= 0.3 is 5.69 Å². The van der Waals surface area contributed by atoms with Crippen LogP contribution in [0.2, 0.25) is 0 Å². The number of aromatic amines is 1. The molecule has 1 aromatic heterocycles. The molecule has 6 nitrogen and oxygen atoms in total. The van der Waals surface area contributed by atoms with Crippen LogP contribution in [-0.2, 0) is 11.3 Å². The Morgan fingerprint density at radius 2 is 1.96 bits per heavy atom. The Hall–Kier alpha value is -2.80. The summed E-state index contributed by atoms with van der Waals surface area (Å²) >= 11 is 1.57. The fourth-order valence-corrected chi connectivity index (χ4v) is 2.90. The number of carbonyl (C=O) groups excluding carboxylic acids is 1. The SMILES string of the molecule is CSc1cccc(NC(=O)Cn2c(=O)[nH]c(=O)c3ccccc32)c1. The number of carbonyl (C=O) groups is 1. The number of anilines is 1. The maximum Gasteiger partial charge on any atom is 0.329 e. The summed E-state index contributed by atoms with van der Waals surface area (Å²) in [5.74, 6) is -0.340. The summed E-state index contributed by atoms with van der Waals surface area (Å²) in [6.07, 6.45) is 1.95. The van der Waals surface area contributed by atoms with Gasteiger partial charge < -0.3 is 5.32 Å². The molecule has 24 heavy (non-hydrogen) atoms. The first-order valence-corrected chi connectivity index (χ1v) is 8.47. The summed E-state index contributed by atoms with van der Waals surface area (Å²) in [5, 5.41) is 3.14. The third-order valence-corrected chi connectivity index (χ3v) is 4.29. The zero-order chi connectivity index (χ0) is 17.1. The third kappa shape index (κ3) is 3.26. The number of aromatic nitrogens is 2. The van der Waals surface area contributed by atoms with E-state index in [0.29, 0.717) is 16.6 Å². The number of amides is 1. The topological polar surface area (TPSA) is 84.0 Å². The van der Waals surface area contributed by atoms with E-state index in [0.717, 1.165) is 4.90 Å². The highest BCUT2D eigenvalue weighted by Gasteiger charge is 2.11. The van der Waals surface area contributed by atoms with Crippen molar-refractivity contribution in [3.8, 4) is 0 Å². The molecule has 0 atom stereocenters. The maximum atomic E-state index is 12.3. The number of hydrogen-bond donors (Lipinski definition) is 2. The first kappa shape index (κ1) is 16.1. The third-order valence-electron chi connectivity index (χ3n) is 3.56. The number of benzene rings is 2. The van der Waals surface area contributed by atoms with Crippen molar-refractivity contribution in [2.75, 3.05) is 11.6 Å². The van der Waals surface area contributed by atoms with Crippen molar-refractivity contribution in [2.45, 2.75) is 11.4 Å².